The zero-order valence-electron chi connectivity index (χ0n) is 21.2. The summed E-state index contributed by atoms with van der Waals surface area (Å²) >= 11 is 0. The van der Waals surface area contributed by atoms with E-state index in [1.165, 1.54) is 4.90 Å². The molecule has 0 aromatic heterocycles. The number of ether oxygens (including phenoxy) is 1. The predicted molar refractivity (Wildman–Crippen MR) is 137 cm³/mol. The summed E-state index contributed by atoms with van der Waals surface area (Å²) < 4.78 is 6.22. The van der Waals surface area contributed by atoms with Gasteiger partial charge in [0.1, 0.15) is 17.4 Å². The fourth-order valence-corrected chi connectivity index (χ4v) is 5.90. The van der Waals surface area contributed by atoms with Crippen LogP contribution in [0.15, 0.2) is 47.5 Å². The highest BCUT2D eigenvalue weighted by molar-refractivity contribution is 6.00. The second-order valence-corrected chi connectivity index (χ2v) is 10.6. The summed E-state index contributed by atoms with van der Waals surface area (Å²) in [5.74, 6) is 0.395. The number of aliphatic hydroxyl groups excluding tert-OH is 1. The average Bonchev–Trinajstić information content (AvgIpc) is 3.30. The van der Waals surface area contributed by atoms with Gasteiger partial charge in [0.15, 0.2) is 5.96 Å². The maximum atomic E-state index is 13.4. The zero-order valence-corrected chi connectivity index (χ0v) is 21.2. The third kappa shape index (κ3) is 3.84. The van der Waals surface area contributed by atoms with Gasteiger partial charge in [0.2, 0.25) is 5.91 Å². The van der Waals surface area contributed by atoms with E-state index in [9.17, 15) is 14.7 Å². The van der Waals surface area contributed by atoms with Gasteiger partial charge in [-0.25, -0.2) is 4.99 Å². The molecule has 0 bridgehead atoms. The van der Waals surface area contributed by atoms with Crippen LogP contribution in [0, 0.1) is 0 Å². The molecule has 8 heteroatoms. The van der Waals surface area contributed by atoms with E-state index in [1.807, 2.05) is 52.0 Å². The van der Waals surface area contributed by atoms with Crippen molar-refractivity contribution in [3.8, 4) is 5.75 Å². The number of benzene rings is 2. The van der Waals surface area contributed by atoms with Crippen LogP contribution in [0.5, 0.6) is 5.75 Å². The van der Waals surface area contributed by atoms with Gasteiger partial charge in [-0.1, -0.05) is 38.1 Å². The summed E-state index contributed by atoms with van der Waals surface area (Å²) in [6.45, 7) is 7.86. The Balaban J connectivity index is 1.47. The van der Waals surface area contributed by atoms with Crippen LogP contribution in [0.25, 0.3) is 0 Å². The first-order valence-corrected chi connectivity index (χ1v) is 12.7. The zero-order chi connectivity index (χ0) is 25.8. The Kier molecular flexibility index (Phi) is 5.82. The van der Waals surface area contributed by atoms with Crippen LogP contribution in [-0.4, -0.2) is 45.0 Å². The fourth-order valence-electron chi connectivity index (χ4n) is 5.90. The van der Waals surface area contributed by atoms with Gasteiger partial charge in [-0.05, 0) is 56.0 Å². The number of nitrogens with two attached hydrogens (primary N) is 1. The van der Waals surface area contributed by atoms with E-state index in [0.717, 1.165) is 24.0 Å². The molecule has 0 radical (unpaired) electrons. The Morgan fingerprint density at radius 3 is 2.61 bits per heavy atom. The van der Waals surface area contributed by atoms with E-state index < -0.39 is 29.3 Å². The molecular formula is C28H34N4O4. The predicted octanol–water partition coefficient (Wildman–Crippen LogP) is 3.39. The molecule has 3 aliphatic rings. The van der Waals surface area contributed by atoms with Crippen molar-refractivity contribution < 1.29 is 19.4 Å². The lowest BCUT2D eigenvalue weighted by Crippen LogP contribution is -2.56. The molecule has 190 valence electrons. The smallest absolute Gasteiger partial charge is 0.251 e. The van der Waals surface area contributed by atoms with Crippen molar-refractivity contribution in [2.24, 2.45) is 10.7 Å². The summed E-state index contributed by atoms with van der Waals surface area (Å²) in [4.78, 5) is 33.0. The number of aliphatic hydroxyl groups is 1. The summed E-state index contributed by atoms with van der Waals surface area (Å²) in [7, 11) is 0. The molecule has 0 spiro atoms. The number of rotatable bonds is 5. The van der Waals surface area contributed by atoms with Gasteiger partial charge in [-0.15, -0.1) is 0 Å². The van der Waals surface area contributed by atoms with Gasteiger partial charge in [0, 0.05) is 17.5 Å². The second-order valence-electron chi connectivity index (χ2n) is 10.6. The first kappa shape index (κ1) is 24.3. The lowest BCUT2D eigenvalue weighted by molar-refractivity contribution is -0.134. The van der Waals surface area contributed by atoms with E-state index in [4.69, 9.17) is 15.5 Å². The molecule has 0 saturated carbocycles. The Bertz CT molecular complexity index is 1250. The van der Waals surface area contributed by atoms with Crippen LogP contribution >= 0.6 is 0 Å². The van der Waals surface area contributed by atoms with E-state index >= 15 is 0 Å². The number of carbonyl (C=O) groups excluding carboxylic acids is 2. The molecule has 2 heterocycles. The van der Waals surface area contributed by atoms with Crippen LogP contribution < -0.4 is 15.8 Å². The molecule has 2 aromatic carbocycles. The summed E-state index contributed by atoms with van der Waals surface area (Å²) in [6.07, 6.45) is 1.55. The second kappa shape index (κ2) is 8.62. The van der Waals surface area contributed by atoms with Crippen LogP contribution in [0.2, 0.25) is 0 Å². The lowest BCUT2D eigenvalue weighted by Gasteiger charge is -2.42. The van der Waals surface area contributed by atoms with Crippen molar-refractivity contribution in [1.82, 2.24) is 10.2 Å². The molecule has 1 aliphatic carbocycles. The molecule has 36 heavy (non-hydrogen) atoms. The summed E-state index contributed by atoms with van der Waals surface area (Å²) in [5, 5.41) is 13.6. The van der Waals surface area contributed by atoms with Crippen LogP contribution in [0.3, 0.4) is 0 Å². The van der Waals surface area contributed by atoms with Gasteiger partial charge in [0.25, 0.3) is 5.91 Å². The van der Waals surface area contributed by atoms with Crippen LogP contribution in [0.4, 0.5) is 0 Å². The van der Waals surface area contributed by atoms with Gasteiger partial charge in [0.05, 0.1) is 24.1 Å². The Morgan fingerprint density at radius 2 is 1.92 bits per heavy atom. The molecule has 0 unspecified atom stereocenters. The third-order valence-corrected chi connectivity index (χ3v) is 8.01. The largest absolute Gasteiger partial charge is 0.485 e. The Morgan fingerprint density at radius 1 is 1.19 bits per heavy atom. The number of amides is 2. The molecule has 0 fully saturated rings. The summed E-state index contributed by atoms with van der Waals surface area (Å²) in [6, 6.07) is 12.0. The molecule has 0 saturated heterocycles. The number of hydrogen-bond donors (Lipinski definition) is 3. The molecule has 4 N–H and O–H groups in total. The van der Waals surface area contributed by atoms with E-state index in [-0.39, 0.29) is 24.2 Å². The SMILES string of the molecule is CCC1(CC)CC(=O)N([C@H]2c3cc(C(=O)N[C@@H]4c5ccccc5C[C@H]4O)ccc3OC2(C)C)C(N)=N1. The Labute approximate surface area is 211 Å². The van der Waals surface area contributed by atoms with Crippen molar-refractivity contribution >= 4 is 17.8 Å². The number of nitrogens with one attached hydrogen (secondary N) is 1. The highest BCUT2D eigenvalue weighted by atomic mass is 16.5. The maximum absolute atomic E-state index is 13.4. The minimum atomic E-state index is -0.772. The monoisotopic (exact) mass is 490 g/mol. The van der Waals surface area contributed by atoms with Crippen molar-refractivity contribution in [3.05, 3.63) is 64.7 Å². The quantitative estimate of drug-likeness (QED) is 0.594. The van der Waals surface area contributed by atoms with Crippen LogP contribution in [0.1, 0.15) is 86.1 Å². The van der Waals surface area contributed by atoms with Crippen molar-refractivity contribution in [2.45, 2.75) is 82.7 Å². The number of aliphatic imine (C=N–C) groups is 1. The molecule has 2 amide bonds. The third-order valence-electron chi connectivity index (χ3n) is 8.01. The first-order valence-electron chi connectivity index (χ1n) is 12.7. The Hall–Kier alpha value is -3.39. The standard InChI is InChI=1S/C28H34N4O4/c1-5-28(6-2)15-22(34)32(26(29)31-28)24-19-13-17(11-12-21(19)36-27(24,3)4)25(35)30-23-18-10-8-7-9-16(18)14-20(23)33/h7-13,20,23-24,33H,5-6,14-15H2,1-4H3,(H2,29,31)(H,30,35)/t20-,23-,24+/m1/s1. The van der Waals surface area contributed by atoms with E-state index in [1.54, 1.807) is 18.2 Å². The summed E-state index contributed by atoms with van der Waals surface area (Å²) in [5.41, 5.74) is 8.27. The highest BCUT2D eigenvalue weighted by Crippen LogP contribution is 2.48. The van der Waals surface area contributed by atoms with Gasteiger partial charge < -0.3 is 20.9 Å². The molecule has 2 aromatic rings. The number of nitrogens with zero attached hydrogens (tertiary/aromatic N) is 2. The lowest BCUT2D eigenvalue weighted by atomic mass is 9.85. The maximum Gasteiger partial charge on any atom is 0.251 e. The topological polar surface area (TPSA) is 117 Å². The average molecular weight is 491 g/mol. The number of guanidine groups is 1. The van der Waals surface area contributed by atoms with E-state index in [2.05, 4.69) is 5.32 Å². The number of hydrogen-bond acceptors (Lipinski definition) is 6. The molecule has 3 atom stereocenters. The van der Waals surface area contributed by atoms with Gasteiger partial charge in [-0.3, -0.25) is 14.5 Å². The number of carbonyl (C=O) groups is 2. The highest BCUT2D eigenvalue weighted by Gasteiger charge is 2.50. The van der Waals surface area contributed by atoms with E-state index in [0.29, 0.717) is 23.3 Å². The van der Waals surface area contributed by atoms with Gasteiger partial charge in [-0.2, -0.15) is 0 Å². The molecule has 2 aliphatic heterocycles. The van der Waals surface area contributed by atoms with Crippen molar-refractivity contribution in [3.63, 3.8) is 0 Å². The first-order chi connectivity index (χ1) is 17.1. The number of fused-ring (bicyclic) bond motifs is 2. The van der Waals surface area contributed by atoms with Gasteiger partial charge >= 0.3 is 0 Å². The van der Waals surface area contributed by atoms with Crippen molar-refractivity contribution in [1.29, 1.82) is 0 Å². The normalized spacial score (nSPS) is 25.6. The minimum absolute atomic E-state index is 0.0961. The molecule has 5 rings (SSSR count). The molecule has 8 nitrogen and oxygen atoms in total. The fraction of sp³-hybridized carbons (Fsp3) is 0.464. The minimum Gasteiger partial charge on any atom is -0.485 e. The van der Waals surface area contributed by atoms with Crippen LogP contribution in [-0.2, 0) is 11.2 Å². The van der Waals surface area contributed by atoms with Crippen molar-refractivity contribution in [2.75, 3.05) is 0 Å². The molecular weight excluding hydrogens is 456 g/mol.